The number of benzene rings is 1. The molecule has 0 aliphatic heterocycles. The quantitative estimate of drug-likeness (QED) is 0.263. The summed E-state index contributed by atoms with van der Waals surface area (Å²) >= 11 is 0.973. The van der Waals surface area contributed by atoms with Crippen LogP contribution in [0.25, 0.3) is 10.9 Å². The van der Waals surface area contributed by atoms with E-state index in [4.69, 9.17) is 0 Å². The lowest BCUT2D eigenvalue weighted by atomic mass is 10.1. The summed E-state index contributed by atoms with van der Waals surface area (Å²) < 4.78 is 37.8. The maximum atomic E-state index is 12.6. The van der Waals surface area contributed by atoms with Crippen molar-refractivity contribution in [2.24, 2.45) is 4.99 Å². The van der Waals surface area contributed by atoms with Crippen LogP contribution >= 0.6 is 35.3 Å². The Balaban J connectivity index is 0.00000280. The predicted molar refractivity (Wildman–Crippen MR) is 117 cm³/mol. The molecule has 2 aromatic heterocycles. The van der Waals surface area contributed by atoms with E-state index in [9.17, 15) is 13.2 Å². The number of nitrogens with zero attached hydrogens (tertiary/aromatic N) is 2. The van der Waals surface area contributed by atoms with Gasteiger partial charge in [0.05, 0.1) is 6.54 Å². The van der Waals surface area contributed by atoms with Gasteiger partial charge < -0.3 is 15.6 Å². The number of nitrogens with one attached hydrogen (secondary N) is 3. The third-order valence-electron chi connectivity index (χ3n) is 4.08. The SMILES string of the molecule is CN=C(NCCc1c[nH]c2cc(C)ccc12)NCc1nc(C(F)(F)F)cs1.I. The summed E-state index contributed by atoms with van der Waals surface area (Å²) in [5, 5.41) is 8.72. The van der Waals surface area contributed by atoms with Crippen molar-refractivity contribution in [3.63, 3.8) is 0 Å². The highest BCUT2D eigenvalue weighted by atomic mass is 127. The number of hydrogen-bond donors (Lipinski definition) is 3. The van der Waals surface area contributed by atoms with E-state index in [0.29, 0.717) is 17.5 Å². The molecule has 28 heavy (non-hydrogen) atoms. The van der Waals surface area contributed by atoms with Gasteiger partial charge in [-0.25, -0.2) is 4.98 Å². The van der Waals surface area contributed by atoms with E-state index in [1.54, 1.807) is 7.05 Å². The van der Waals surface area contributed by atoms with Gasteiger partial charge in [-0.05, 0) is 30.5 Å². The van der Waals surface area contributed by atoms with Crippen molar-refractivity contribution in [1.82, 2.24) is 20.6 Å². The zero-order chi connectivity index (χ0) is 19.4. The first-order valence-electron chi connectivity index (χ1n) is 8.39. The largest absolute Gasteiger partial charge is 0.434 e. The van der Waals surface area contributed by atoms with Crippen LogP contribution in [0.5, 0.6) is 0 Å². The number of alkyl halides is 3. The fourth-order valence-electron chi connectivity index (χ4n) is 2.72. The van der Waals surface area contributed by atoms with Crippen molar-refractivity contribution >= 4 is 52.2 Å². The minimum absolute atomic E-state index is 0. The summed E-state index contributed by atoms with van der Waals surface area (Å²) in [4.78, 5) is 11.0. The van der Waals surface area contributed by atoms with Crippen LogP contribution in [0, 0.1) is 6.92 Å². The molecular weight excluding hydrogens is 502 g/mol. The zero-order valence-electron chi connectivity index (χ0n) is 15.4. The molecule has 0 radical (unpaired) electrons. The Bertz CT molecular complexity index is 948. The van der Waals surface area contributed by atoms with Crippen molar-refractivity contribution in [3.05, 3.63) is 51.6 Å². The molecule has 3 N–H and O–H groups in total. The molecule has 0 fully saturated rings. The molecule has 0 amide bonds. The molecule has 5 nitrogen and oxygen atoms in total. The Morgan fingerprint density at radius 1 is 1.29 bits per heavy atom. The molecule has 0 saturated carbocycles. The number of halogens is 4. The third kappa shape index (κ3) is 5.60. The number of H-pyrrole nitrogens is 1. The Kier molecular flexibility index (Phi) is 7.70. The standard InChI is InChI=1S/C18H20F3N5S.HI/c1-11-3-4-13-12(8-24-14(13)7-11)5-6-23-17(22-2)25-9-16-26-15(10-27-16)18(19,20)21;/h3-4,7-8,10,24H,5-6,9H2,1-2H3,(H2,22,23,25);1H. The van der Waals surface area contributed by atoms with Gasteiger partial charge in [-0.1, -0.05) is 12.1 Å². The zero-order valence-corrected chi connectivity index (χ0v) is 18.5. The predicted octanol–water partition coefficient (Wildman–Crippen LogP) is 4.48. The number of thiazole rings is 1. The first-order chi connectivity index (χ1) is 12.9. The number of aromatic amines is 1. The number of hydrogen-bond acceptors (Lipinski definition) is 3. The number of guanidine groups is 1. The van der Waals surface area contributed by atoms with Gasteiger partial charge in [-0.3, -0.25) is 4.99 Å². The molecule has 3 rings (SSSR count). The van der Waals surface area contributed by atoms with Crippen LogP contribution < -0.4 is 10.6 Å². The topological polar surface area (TPSA) is 65.1 Å². The van der Waals surface area contributed by atoms with E-state index in [1.165, 1.54) is 16.5 Å². The molecule has 2 heterocycles. The monoisotopic (exact) mass is 523 g/mol. The number of fused-ring (bicyclic) bond motifs is 1. The van der Waals surface area contributed by atoms with Crippen LogP contribution in [0.15, 0.2) is 34.8 Å². The second-order valence-corrected chi connectivity index (χ2v) is 7.03. The summed E-state index contributed by atoms with van der Waals surface area (Å²) in [6.07, 6.45) is -1.62. The third-order valence-corrected chi connectivity index (χ3v) is 4.93. The van der Waals surface area contributed by atoms with Gasteiger partial charge in [0.2, 0.25) is 0 Å². The molecule has 0 aliphatic carbocycles. The Morgan fingerprint density at radius 2 is 2.07 bits per heavy atom. The average Bonchev–Trinajstić information content (AvgIpc) is 3.24. The lowest BCUT2D eigenvalue weighted by Gasteiger charge is -2.10. The van der Waals surface area contributed by atoms with Crippen molar-refractivity contribution in [2.45, 2.75) is 26.1 Å². The van der Waals surface area contributed by atoms with Gasteiger partial charge in [0.15, 0.2) is 11.7 Å². The van der Waals surface area contributed by atoms with Crippen molar-refractivity contribution in [2.75, 3.05) is 13.6 Å². The Hall–Kier alpha value is -1.82. The molecule has 0 unspecified atom stereocenters. The first-order valence-corrected chi connectivity index (χ1v) is 9.27. The summed E-state index contributed by atoms with van der Waals surface area (Å²) in [6.45, 7) is 2.89. The number of rotatable bonds is 5. The second kappa shape index (κ2) is 9.59. The highest BCUT2D eigenvalue weighted by molar-refractivity contribution is 14.0. The first kappa shape index (κ1) is 22.5. The lowest BCUT2D eigenvalue weighted by Crippen LogP contribution is -2.37. The van der Waals surface area contributed by atoms with E-state index in [2.05, 4.69) is 50.7 Å². The van der Waals surface area contributed by atoms with Gasteiger partial charge in [0.1, 0.15) is 5.01 Å². The van der Waals surface area contributed by atoms with E-state index in [-0.39, 0.29) is 30.5 Å². The fourth-order valence-corrected chi connectivity index (χ4v) is 3.47. The summed E-state index contributed by atoms with van der Waals surface area (Å²) in [6, 6.07) is 6.29. The lowest BCUT2D eigenvalue weighted by molar-refractivity contribution is -0.140. The second-order valence-electron chi connectivity index (χ2n) is 6.09. The van der Waals surface area contributed by atoms with Gasteiger partial charge in [-0.15, -0.1) is 35.3 Å². The summed E-state index contributed by atoms with van der Waals surface area (Å²) in [5.74, 6) is 0.523. The average molecular weight is 523 g/mol. The van der Waals surface area contributed by atoms with Gasteiger partial charge in [0.25, 0.3) is 0 Å². The minimum Gasteiger partial charge on any atom is -0.361 e. The van der Waals surface area contributed by atoms with E-state index >= 15 is 0 Å². The van der Waals surface area contributed by atoms with Gasteiger partial charge >= 0.3 is 6.18 Å². The fraction of sp³-hybridized carbons (Fsp3) is 0.333. The van der Waals surface area contributed by atoms with E-state index in [0.717, 1.165) is 28.7 Å². The molecular formula is C18H21F3IN5S. The van der Waals surface area contributed by atoms with Gasteiger partial charge in [-0.2, -0.15) is 13.2 Å². The molecule has 0 atom stereocenters. The Labute approximate surface area is 181 Å². The molecule has 0 bridgehead atoms. The van der Waals surface area contributed by atoms with E-state index in [1.807, 2.05) is 6.20 Å². The number of aromatic nitrogens is 2. The highest BCUT2D eigenvalue weighted by Crippen LogP contribution is 2.29. The van der Waals surface area contributed by atoms with Crippen LogP contribution in [0.2, 0.25) is 0 Å². The molecule has 3 aromatic rings. The van der Waals surface area contributed by atoms with Crippen molar-refractivity contribution < 1.29 is 13.2 Å². The molecule has 1 aromatic carbocycles. The maximum absolute atomic E-state index is 12.6. The van der Waals surface area contributed by atoms with Gasteiger partial charge in [0, 0.05) is 36.1 Å². The van der Waals surface area contributed by atoms with Crippen LogP contribution in [-0.4, -0.2) is 29.5 Å². The molecule has 152 valence electrons. The normalized spacial score (nSPS) is 12.1. The van der Waals surface area contributed by atoms with Crippen LogP contribution in [0.4, 0.5) is 13.2 Å². The van der Waals surface area contributed by atoms with Crippen molar-refractivity contribution in [1.29, 1.82) is 0 Å². The van der Waals surface area contributed by atoms with Crippen LogP contribution in [0.1, 0.15) is 21.8 Å². The van der Waals surface area contributed by atoms with Crippen molar-refractivity contribution in [3.8, 4) is 0 Å². The molecule has 0 spiro atoms. The summed E-state index contributed by atoms with van der Waals surface area (Å²) in [5.41, 5.74) is 2.65. The summed E-state index contributed by atoms with van der Waals surface area (Å²) in [7, 11) is 1.62. The van der Waals surface area contributed by atoms with Crippen LogP contribution in [0.3, 0.4) is 0 Å². The molecule has 10 heteroatoms. The van der Waals surface area contributed by atoms with Crippen LogP contribution in [-0.2, 0) is 19.1 Å². The molecule has 0 saturated heterocycles. The number of aliphatic imine (C=N–C) groups is 1. The molecule has 0 aliphatic rings. The Morgan fingerprint density at radius 3 is 2.75 bits per heavy atom. The maximum Gasteiger partial charge on any atom is 0.434 e. The number of aryl methyl sites for hydroxylation is 1. The minimum atomic E-state index is -4.41. The van der Waals surface area contributed by atoms with E-state index < -0.39 is 11.9 Å². The highest BCUT2D eigenvalue weighted by Gasteiger charge is 2.33. The smallest absolute Gasteiger partial charge is 0.361 e.